The molecule has 0 aromatic heterocycles. The van der Waals surface area contributed by atoms with Crippen molar-refractivity contribution in [3.63, 3.8) is 0 Å². The Labute approximate surface area is 112 Å². The van der Waals surface area contributed by atoms with Gasteiger partial charge >= 0.3 is 0 Å². The second kappa shape index (κ2) is 5.75. The summed E-state index contributed by atoms with van der Waals surface area (Å²) in [5.74, 6) is -0.0268. The standard InChI is InChI=1S/C14H18N2O3/c15-11-2-3-13(18)10(9-11)1-4-14(19)16-7-5-12(17)6-8-16/h1-4,9,12,17-18H,5-8,15H2. The maximum atomic E-state index is 11.9. The van der Waals surface area contributed by atoms with Gasteiger partial charge < -0.3 is 20.8 Å². The van der Waals surface area contributed by atoms with E-state index in [9.17, 15) is 15.0 Å². The van der Waals surface area contributed by atoms with Gasteiger partial charge in [0.1, 0.15) is 5.75 Å². The molecule has 0 spiro atoms. The van der Waals surface area contributed by atoms with Crippen LogP contribution in [0.25, 0.3) is 6.08 Å². The Morgan fingerprint density at radius 1 is 1.37 bits per heavy atom. The Kier molecular flexibility index (Phi) is 4.06. The number of amides is 1. The van der Waals surface area contributed by atoms with Gasteiger partial charge in [0.05, 0.1) is 6.10 Å². The third kappa shape index (κ3) is 3.48. The molecular weight excluding hydrogens is 244 g/mol. The predicted molar refractivity (Wildman–Crippen MR) is 73.4 cm³/mol. The summed E-state index contributed by atoms with van der Waals surface area (Å²) in [7, 11) is 0. The molecule has 1 aromatic rings. The van der Waals surface area contributed by atoms with Crippen LogP contribution in [0.4, 0.5) is 5.69 Å². The van der Waals surface area contributed by atoms with Crippen molar-refractivity contribution in [1.29, 1.82) is 0 Å². The average molecular weight is 262 g/mol. The molecule has 102 valence electrons. The van der Waals surface area contributed by atoms with E-state index in [4.69, 9.17) is 5.73 Å². The van der Waals surface area contributed by atoms with Crippen LogP contribution in [0.5, 0.6) is 5.75 Å². The van der Waals surface area contributed by atoms with Crippen molar-refractivity contribution >= 4 is 17.7 Å². The molecule has 0 saturated carbocycles. The lowest BCUT2D eigenvalue weighted by molar-refractivity contribution is -0.127. The lowest BCUT2D eigenvalue weighted by Gasteiger charge is -2.28. The molecule has 0 unspecified atom stereocenters. The number of benzene rings is 1. The van der Waals surface area contributed by atoms with Crippen LogP contribution in [-0.2, 0) is 4.79 Å². The molecule has 1 fully saturated rings. The van der Waals surface area contributed by atoms with Crippen LogP contribution in [0, 0.1) is 0 Å². The number of aromatic hydroxyl groups is 1. The van der Waals surface area contributed by atoms with Crippen molar-refractivity contribution in [2.45, 2.75) is 18.9 Å². The van der Waals surface area contributed by atoms with E-state index in [0.29, 0.717) is 37.2 Å². The summed E-state index contributed by atoms with van der Waals surface area (Å²) in [6.45, 7) is 1.13. The number of rotatable bonds is 2. The van der Waals surface area contributed by atoms with Crippen molar-refractivity contribution in [2.75, 3.05) is 18.8 Å². The van der Waals surface area contributed by atoms with Crippen LogP contribution in [0.1, 0.15) is 18.4 Å². The molecule has 1 heterocycles. The molecule has 1 saturated heterocycles. The number of nitrogens with zero attached hydrogens (tertiary/aromatic N) is 1. The van der Waals surface area contributed by atoms with Gasteiger partial charge in [0.2, 0.25) is 5.91 Å². The molecule has 4 N–H and O–H groups in total. The Hall–Kier alpha value is -2.01. The molecule has 0 aliphatic carbocycles. The quantitative estimate of drug-likeness (QED) is 0.421. The van der Waals surface area contributed by atoms with E-state index >= 15 is 0 Å². The van der Waals surface area contributed by atoms with Crippen molar-refractivity contribution in [3.8, 4) is 5.75 Å². The normalized spacial score (nSPS) is 17.0. The Morgan fingerprint density at radius 2 is 2.05 bits per heavy atom. The molecule has 19 heavy (non-hydrogen) atoms. The number of phenols is 1. The van der Waals surface area contributed by atoms with Crippen LogP contribution >= 0.6 is 0 Å². The van der Waals surface area contributed by atoms with Gasteiger partial charge in [-0.1, -0.05) is 0 Å². The topological polar surface area (TPSA) is 86.8 Å². The SMILES string of the molecule is Nc1ccc(O)c(C=CC(=O)N2CCC(O)CC2)c1. The number of hydrogen-bond acceptors (Lipinski definition) is 4. The van der Waals surface area contributed by atoms with E-state index in [-0.39, 0.29) is 17.8 Å². The molecule has 1 aromatic carbocycles. The van der Waals surface area contributed by atoms with E-state index in [1.807, 2.05) is 0 Å². The third-order valence-electron chi connectivity index (χ3n) is 3.23. The number of hydrogen-bond donors (Lipinski definition) is 3. The maximum Gasteiger partial charge on any atom is 0.246 e. The zero-order chi connectivity index (χ0) is 13.8. The van der Waals surface area contributed by atoms with Gasteiger partial charge in [-0.2, -0.15) is 0 Å². The summed E-state index contributed by atoms with van der Waals surface area (Å²) < 4.78 is 0. The lowest BCUT2D eigenvalue weighted by atomic mass is 10.1. The number of aliphatic hydroxyl groups is 1. The van der Waals surface area contributed by atoms with Gasteiger partial charge in [-0.05, 0) is 37.1 Å². The molecule has 5 nitrogen and oxygen atoms in total. The number of aliphatic hydroxyl groups excluding tert-OH is 1. The average Bonchev–Trinajstić information content (AvgIpc) is 2.40. The van der Waals surface area contributed by atoms with Crippen LogP contribution in [0.3, 0.4) is 0 Å². The Balaban J connectivity index is 2.02. The van der Waals surface area contributed by atoms with Crippen molar-refractivity contribution < 1.29 is 15.0 Å². The lowest BCUT2D eigenvalue weighted by Crippen LogP contribution is -2.39. The highest BCUT2D eigenvalue weighted by Gasteiger charge is 2.19. The first-order chi connectivity index (χ1) is 9.06. The number of nitrogen functional groups attached to an aromatic ring is 1. The molecule has 1 aliphatic rings. The van der Waals surface area contributed by atoms with E-state index < -0.39 is 0 Å². The minimum Gasteiger partial charge on any atom is -0.507 e. The van der Waals surface area contributed by atoms with Gasteiger partial charge in [0.15, 0.2) is 0 Å². The summed E-state index contributed by atoms with van der Waals surface area (Å²) in [4.78, 5) is 13.6. The van der Waals surface area contributed by atoms with Gasteiger partial charge in [-0.15, -0.1) is 0 Å². The van der Waals surface area contributed by atoms with Crippen LogP contribution in [0.2, 0.25) is 0 Å². The van der Waals surface area contributed by atoms with Crippen molar-refractivity contribution in [3.05, 3.63) is 29.8 Å². The maximum absolute atomic E-state index is 11.9. The number of carbonyl (C=O) groups is 1. The van der Waals surface area contributed by atoms with E-state index in [2.05, 4.69) is 0 Å². The summed E-state index contributed by atoms with van der Waals surface area (Å²) >= 11 is 0. The van der Waals surface area contributed by atoms with Crippen molar-refractivity contribution in [2.24, 2.45) is 0 Å². The number of phenolic OH excluding ortho intramolecular Hbond substituents is 1. The summed E-state index contributed by atoms with van der Waals surface area (Å²) in [6, 6.07) is 4.70. The minimum absolute atomic E-state index is 0.0901. The number of anilines is 1. The van der Waals surface area contributed by atoms with E-state index in [1.165, 1.54) is 12.1 Å². The summed E-state index contributed by atoms with van der Waals surface area (Å²) in [6.07, 6.45) is 3.91. The third-order valence-corrected chi connectivity index (χ3v) is 3.23. The first-order valence-corrected chi connectivity index (χ1v) is 6.30. The number of carbonyl (C=O) groups excluding carboxylic acids is 1. The highest BCUT2D eigenvalue weighted by atomic mass is 16.3. The Bertz CT molecular complexity index is 491. The van der Waals surface area contributed by atoms with Gasteiger partial charge in [-0.25, -0.2) is 0 Å². The fraction of sp³-hybridized carbons (Fsp3) is 0.357. The molecule has 1 aliphatic heterocycles. The predicted octanol–water partition coefficient (Wildman–Crippen LogP) is 0.971. The van der Waals surface area contributed by atoms with Crippen LogP contribution < -0.4 is 5.73 Å². The number of nitrogens with two attached hydrogens (primary N) is 1. The monoisotopic (exact) mass is 262 g/mol. The number of likely N-dealkylation sites (tertiary alicyclic amines) is 1. The smallest absolute Gasteiger partial charge is 0.246 e. The molecule has 0 radical (unpaired) electrons. The molecule has 1 amide bonds. The van der Waals surface area contributed by atoms with E-state index in [1.54, 1.807) is 23.1 Å². The molecular formula is C14H18N2O3. The Morgan fingerprint density at radius 3 is 2.74 bits per heavy atom. The first-order valence-electron chi connectivity index (χ1n) is 6.30. The first kappa shape index (κ1) is 13.4. The second-order valence-corrected chi connectivity index (χ2v) is 4.71. The van der Waals surface area contributed by atoms with Crippen molar-refractivity contribution in [1.82, 2.24) is 4.90 Å². The van der Waals surface area contributed by atoms with E-state index in [0.717, 1.165) is 0 Å². The molecule has 2 rings (SSSR count). The fourth-order valence-electron chi connectivity index (χ4n) is 2.06. The minimum atomic E-state index is -0.300. The second-order valence-electron chi connectivity index (χ2n) is 4.71. The summed E-state index contributed by atoms with van der Waals surface area (Å²) in [5, 5.41) is 19.0. The molecule has 0 bridgehead atoms. The van der Waals surface area contributed by atoms with Gasteiger partial charge in [0.25, 0.3) is 0 Å². The highest BCUT2D eigenvalue weighted by molar-refractivity contribution is 5.92. The zero-order valence-corrected chi connectivity index (χ0v) is 10.6. The van der Waals surface area contributed by atoms with Crippen LogP contribution in [0.15, 0.2) is 24.3 Å². The van der Waals surface area contributed by atoms with Gasteiger partial charge in [0, 0.05) is 30.4 Å². The summed E-state index contributed by atoms with van der Waals surface area (Å²) in [5.41, 5.74) is 6.68. The largest absolute Gasteiger partial charge is 0.507 e. The van der Waals surface area contributed by atoms with Gasteiger partial charge in [-0.3, -0.25) is 4.79 Å². The molecule has 5 heteroatoms. The fourth-order valence-corrected chi connectivity index (χ4v) is 2.06. The van der Waals surface area contributed by atoms with Crippen LogP contribution in [-0.4, -0.2) is 40.2 Å². The highest BCUT2D eigenvalue weighted by Crippen LogP contribution is 2.21. The zero-order valence-electron chi connectivity index (χ0n) is 10.6. The molecule has 0 atom stereocenters. The number of piperidine rings is 1.